The number of amides is 1. The zero-order chi connectivity index (χ0) is 9.28. The van der Waals surface area contributed by atoms with Crippen LogP contribution in [0.25, 0.3) is 0 Å². The molecule has 0 bridgehead atoms. The fourth-order valence-electron chi connectivity index (χ4n) is 0.269. The van der Waals surface area contributed by atoms with Crippen LogP contribution in [-0.2, 0) is 14.6 Å². The van der Waals surface area contributed by atoms with E-state index in [1.54, 1.807) is 0 Å². The highest BCUT2D eigenvalue weighted by atomic mass is 35.5. The molecule has 0 heterocycles. The van der Waals surface area contributed by atoms with Crippen LogP contribution in [0.2, 0.25) is 0 Å². The lowest BCUT2D eigenvalue weighted by Gasteiger charge is -2.04. The second kappa shape index (κ2) is 3.94. The van der Waals surface area contributed by atoms with Gasteiger partial charge in [0.05, 0.1) is 0 Å². The first-order valence-corrected chi connectivity index (χ1v) is 3.89. The maximum absolute atomic E-state index is 11.4. The highest BCUT2D eigenvalue weighted by Crippen LogP contribution is 2.23. The second-order valence-electron chi connectivity index (χ2n) is 1.67. The topological polar surface area (TPSA) is 77.2 Å². The third kappa shape index (κ3) is 3.77. The fourth-order valence-corrected chi connectivity index (χ4v) is 0.807. The molecule has 0 aromatic heterocycles. The van der Waals surface area contributed by atoms with Crippen molar-refractivity contribution in [1.29, 1.82) is 0 Å². The predicted octanol–water partition coefficient (Wildman–Crippen LogP) is -0.172. The van der Waals surface area contributed by atoms with Crippen molar-refractivity contribution in [2.24, 2.45) is 5.73 Å². The molecule has 0 spiro atoms. The molecule has 12 heavy (non-hydrogen) atoms. The zero-order valence-electron chi connectivity index (χ0n) is 5.46. The molecule has 9 heteroatoms. The van der Waals surface area contributed by atoms with Crippen molar-refractivity contribution in [2.75, 3.05) is 5.75 Å². The number of hydrogen-bond donors (Lipinski definition) is 1. The molecule has 0 saturated carbocycles. The summed E-state index contributed by atoms with van der Waals surface area (Å²) in [4.78, 5) is 9.80. The van der Waals surface area contributed by atoms with Crippen LogP contribution in [-0.4, -0.2) is 25.6 Å². The van der Waals surface area contributed by atoms with E-state index in [9.17, 15) is 26.4 Å². The Kier molecular flexibility index (Phi) is 4.62. The van der Waals surface area contributed by atoms with Crippen molar-refractivity contribution >= 4 is 28.2 Å². The Morgan fingerprint density at radius 2 is 1.67 bits per heavy atom. The lowest BCUT2D eigenvalue weighted by Crippen LogP contribution is -2.33. The molecule has 0 aliphatic heterocycles. The Morgan fingerprint density at radius 1 is 1.33 bits per heavy atom. The van der Waals surface area contributed by atoms with Crippen LogP contribution in [0.4, 0.5) is 13.2 Å². The van der Waals surface area contributed by atoms with Crippen LogP contribution in [0.3, 0.4) is 0 Å². The summed E-state index contributed by atoms with van der Waals surface area (Å²) >= 11 is 0. The van der Waals surface area contributed by atoms with E-state index in [1.807, 2.05) is 0 Å². The van der Waals surface area contributed by atoms with Crippen LogP contribution < -0.4 is 5.73 Å². The Morgan fingerprint density at radius 3 is 1.75 bits per heavy atom. The lowest BCUT2D eigenvalue weighted by molar-refractivity contribution is -0.116. The Bertz CT molecular complexity index is 258. The van der Waals surface area contributed by atoms with E-state index < -0.39 is 27.0 Å². The molecule has 0 radical (unpaired) electrons. The van der Waals surface area contributed by atoms with Gasteiger partial charge in [-0.3, -0.25) is 4.79 Å². The average Bonchev–Trinajstić information content (AvgIpc) is 1.56. The van der Waals surface area contributed by atoms with Gasteiger partial charge in [-0.1, -0.05) is 0 Å². The number of primary amides is 1. The molecule has 0 fully saturated rings. The molecule has 0 aliphatic rings. The molecule has 4 nitrogen and oxygen atoms in total. The van der Waals surface area contributed by atoms with Crippen LogP contribution in [0, 0.1) is 0 Å². The Labute approximate surface area is 72.2 Å². The molecular weight excluding hydrogens is 223 g/mol. The first-order chi connectivity index (χ1) is 4.67. The molecule has 74 valence electrons. The number of carbonyl (C=O) groups excluding carboxylic acids is 1. The van der Waals surface area contributed by atoms with Crippen molar-refractivity contribution in [3.05, 3.63) is 0 Å². The monoisotopic (exact) mass is 227 g/mol. The van der Waals surface area contributed by atoms with E-state index in [1.165, 1.54) is 0 Å². The van der Waals surface area contributed by atoms with Crippen LogP contribution in [0.15, 0.2) is 0 Å². The lowest BCUT2D eigenvalue weighted by atomic mass is 10.8. The van der Waals surface area contributed by atoms with Gasteiger partial charge in [0, 0.05) is 0 Å². The van der Waals surface area contributed by atoms with Crippen molar-refractivity contribution in [3.63, 3.8) is 0 Å². The summed E-state index contributed by atoms with van der Waals surface area (Å²) in [6.45, 7) is 0. The largest absolute Gasteiger partial charge is 0.497 e. The van der Waals surface area contributed by atoms with E-state index in [-0.39, 0.29) is 12.4 Å². The molecule has 0 saturated heterocycles. The van der Waals surface area contributed by atoms with Gasteiger partial charge in [-0.05, 0) is 0 Å². The summed E-state index contributed by atoms with van der Waals surface area (Å²) in [7, 11) is -5.37. The average molecular weight is 228 g/mol. The molecule has 1 amide bonds. The molecule has 0 aromatic carbocycles. The van der Waals surface area contributed by atoms with Crippen LogP contribution in [0.5, 0.6) is 0 Å². The minimum absolute atomic E-state index is 0. The summed E-state index contributed by atoms with van der Waals surface area (Å²) < 4.78 is 54.3. The van der Waals surface area contributed by atoms with Gasteiger partial charge in [0.25, 0.3) is 9.84 Å². The number of alkyl halides is 3. The highest BCUT2D eigenvalue weighted by molar-refractivity contribution is 7.92. The quantitative estimate of drug-likeness (QED) is 0.711. The normalized spacial score (nSPS) is 11.9. The minimum Gasteiger partial charge on any atom is -0.369 e. The molecular formula is C3H5ClF3NO3S. The smallest absolute Gasteiger partial charge is 0.369 e. The first-order valence-electron chi connectivity index (χ1n) is 2.24. The summed E-state index contributed by atoms with van der Waals surface area (Å²) in [6.07, 6.45) is 0. The van der Waals surface area contributed by atoms with Gasteiger partial charge in [0.1, 0.15) is 5.75 Å². The maximum Gasteiger partial charge on any atom is 0.497 e. The number of hydrogen-bond acceptors (Lipinski definition) is 3. The van der Waals surface area contributed by atoms with Gasteiger partial charge in [-0.15, -0.1) is 12.4 Å². The summed E-state index contributed by atoms with van der Waals surface area (Å²) in [5, 5.41) is 0. The molecule has 0 atom stereocenters. The van der Waals surface area contributed by atoms with Crippen molar-refractivity contribution < 1.29 is 26.4 Å². The van der Waals surface area contributed by atoms with Gasteiger partial charge in [-0.2, -0.15) is 13.2 Å². The molecule has 0 rings (SSSR count). The number of rotatable bonds is 2. The highest BCUT2D eigenvalue weighted by Gasteiger charge is 2.46. The van der Waals surface area contributed by atoms with E-state index in [2.05, 4.69) is 5.73 Å². The van der Waals surface area contributed by atoms with Gasteiger partial charge in [0.15, 0.2) is 0 Å². The fraction of sp³-hybridized carbons (Fsp3) is 0.667. The number of carbonyl (C=O) groups is 1. The van der Waals surface area contributed by atoms with Gasteiger partial charge >= 0.3 is 5.51 Å². The third-order valence-electron chi connectivity index (χ3n) is 0.685. The number of nitrogens with two attached hydrogens (primary N) is 1. The van der Waals surface area contributed by atoms with Crippen LogP contribution >= 0.6 is 12.4 Å². The first kappa shape index (κ1) is 14.0. The van der Waals surface area contributed by atoms with Gasteiger partial charge in [0.2, 0.25) is 5.91 Å². The number of halogens is 4. The van der Waals surface area contributed by atoms with E-state index in [0.29, 0.717) is 0 Å². The third-order valence-corrected chi connectivity index (χ3v) is 2.05. The summed E-state index contributed by atoms with van der Waals surface area (Å²) in [6, 6.07) is 0. The van der Waals surface area contributed by atoms with Crippen LogP contribution in [0.1, 0.15) is 0 Å². The molecule has 0 aromatic rings. The number of sulfone groups is 1. The standard InChI is InChI=1S/C3H4F3NO3S.ClH/c4-3(5,6)11(9,10)1-2(7)8;/h1H2,(H2,7,8);1H. The van der Waals surface area contributed by atoms with Crippen molar-refractivity contribution in [2.45, 2.75) is 5.51 Å². The summed E-state index contributed by atoms with van der Waals surface area (Å²) in [5.74, 6) is -3.22. The minimum atomic E-state index is -5.40. The van der Waals surface area contributed by atoms with Crippen molar-refractivity contribution in [1.82, 2.24) is 0 Å². The second-order valence-corrected chi connectivity index (χ2v) is 3.65. The van der Waals surface area contributed by atoms with E-state index in [0.717, 1.165) is 0 Å². The SMILES string of the molecule is Cl.NC(=O)CS(=O)(=O)C(F)(F)F. The van der Waals surface area contributed by atoms with Crippen molar-refractivity contribution in [3.8, 4) is 0 Å². The van der Waals surface area contributed by atoms with E-state index in [4.69, 9.17) is 0 Å². The molecule has 0 unspecified atom stereocenters. The van der Waals surface area contributed by atoms with Gasteiger partial charge < -0.3 is 5.73 Å². The molecule has 2 N–H and O–H groups in total. The Balaban J connectivity index is 0. The summed E-state index contributed by atoms with van der Waals surface area (Å²) in [5.41, 5.74) is -1.14. The van der Waals surface area contributed by atoms with E-state index >= 15 is 0 Å². The molecule has 0 aliphatic carbocycles. The van der Waals surface area contributed by atoms with Gasteiger partial charge in [-0.25, -0.2) is 8.42 Å². The Hall–Kier alpha value is -0.500. The predicted molar refractivity (Wildman–Crippen MR) is 36.3 cm³/mol. The maximum atomic E-state index is 11.4. The zero-order valence-corrected chi connectivity index (χ0v) is 7.09.